The van der Waals surface area contributed by atoms with Gasteiger partial charge in [0.1, 0.15) is 5.75 Å². The summed E-state index contributed by atoms with van der Waals surface area (Å²) in [6.07, 6.45) is 2.36. The maximum atomic E-state index is 12.0. The standard InChI is InChI=1S/C23H26N4O3/c1-24-23(25-14-13-17-7-11-20(29-2)12-8-17)26-16-18-5-9-19(10-6-18)27-22(28)21-4-3-15-30-21/h3-12,15H,13-14,16H2,1-2H3,(H,27,28)(H2,24,25,26). The van der Waals surface area contributed by atoms with Crippen LogP contribution in [0.2, 0.25) is 0 Å². The van der Waals surface area contributed by atoms with Crippen molar-refractivity contribution in [2.45, 2.75) is 13.0 Å². The number of furan rings is 1. The van der Waals surface area contributed by atoms with E-state index in [1.165, 1.54) is 11.8 Å². The summed E-state index contributed by atoms with van der Waals surface area (Å²) >= 11 is 0. The predicted molar refractivity (Wildman–Crippen MR) is 118 cm³/mol. The highest BCUT2D eigenvalue weighted by molar-refractivity contribution is 6.02. The number of hydrogen-bond acceptors (Lipinski definition) is 4. The zero-order valence-corrected chi connectivity index (χ0v) is 17.1. The number of hydrogen-bond donors (Lipinski definition) is 3. The Balaban J connectivity index is 1.42. The van der Waals surface area contributed by atoms with Crippen LogP contribution in [0.25, 0.3) is 0 Å². The van der Waals surface area contributed by atoms with Gasteiger partial charge in [0.05, 0.1) is 13.4 Å². The average molecular weight is 406 g/mol. The monoisotopic (exact) mass is 406 g/mol. The molecule has 0 unspecified atom stereocenters. The summed E-state index contributed by atoms with van der Waals surface area (Å²) in [6.45, 7) is 1.39. The molecule has 3 rings (SSSR count). The van der Waals surface area contributed by atoms with Gasteiger partial charge in [-0.1, -0.05) is 24.3 Å². The lowest BCUT2D eigenvalue weighted by Gasteiger charge is -2.12. The third-order valence-corrected chi connectivity index (χ3v) is 4.51. The number of ether oxygens (including phenoxy) is 1. The minimum absolute atomic E-state index is 0.271. The molecule has 30 heavy (non-hydrogen) atoms. The first-order chi connectivity index (χ1) is 14.7. The number of rotatable bonds is 8. The van der Waals surface area contributed by atoms with Crippen molar-refractivity contribution in [2.75, 3.05) is 26.0 Å². The number of guanidine groups is 1. The van der Waals surface area contributed by atoms with Crippen LogP contribution in [0.1, 0.15) is 21.7 Å². The summed E-state index contributed by atoms with van der Waals surface area (Å²) in [4.78, 5) is 16.3. The van der Waals surface area contributed by atoms with Crippen LogP contribution in [0, 0.1) is 0 Å². The summed E-state index contributed by atoms with van der Waals surface area (Å²) in [5, 5.41) is 9.40. The fourth-order valence-corrected chi connectivity index (χ4v) is 2.83. The highest BCUT2D eigenvalue weighted by atomic mass is 16.5. The number of anilines is 1. The molecular formula is C23H26N4O3. The molecule has 7 heteroatoms. The van der Waals surface area contributed by atoms with E-state index in [1.54, 1.807) is 26.3 Å². The Hall–Kier alpha value is -3.74. The lowest BCUT2D eigenvalue weighted by Crippen LogP contribution is -2.37. The van der Waals surface area contributed by atoms with Gasteiger partial charge in [-0.15, -0.1) is 0 Å². The molecule has 3 N–H and O–H groups in total. The molecule has 0 fully saturated rings. The van der Waals surface area contributed by atoms with E-state index in [-0.39, 0.29) is 11.7 Å². The van der Waals surface area contributed by atoms with Crippen molar-refractivity contribution < 1.29 is 13.9 Å². The Morgan fingerprint density at radius 3 is 2.37 bits per heavy atom. The number of carbonyl (C=O) groups is 1. The third-order valence-electron chi connectivity index (χ3n) is 4.51. The van der Waals surface area contributed by atoms with E-state index in [2.05, 4.69) is 33.1 Å². The van der Waals surface area contributed by atoms with Gasteiger partial charge in [0.2, 0.25) is 0 Å². The van der Waals surface area contributed by atoms with Crippen molar-refractivity contribution in [2.24, 2.45) is 4.99 Å². The molecule has 0 saturated carbocycles. The van der Waals surface area contributed by atoms with Crippen molar-refractivity contribution in [1.82, 2.24) is 10.6 Å². The highest BCUT2D eigenvalue weighted by Crippen LogP contribution is 2.12. The van der Waals surface area contributed by atoms with Gasteiger partial charge in [-0.05, 0) is 53.9 Å². The average Bonchev–Trinajstić information content (AvgIpc) is 3.33. The smallest absolute Gasteiger partial charge is 0.291 e. The second-order valence-electron chi connectivity index (χ2n) is 6.58. The minimum atomic E-state index is -0.271. The lowest BCUT2D eigenvalue weighted by atomic mass is 10.1. The number of methoxy groups -OCH3 is 1. The Bertz CT molecular complexity index is 949. The molecule has 0 saturated heterocycles. The molecule has 3 aromatic rings. The first-order valence-electron chi connectivity index (χ1n) is 9.69. The van der Waals surface area contributed by atoms with Crippen molar-refractivity contribution >= 4 is 17.6 Å². The van der Waals surface area contributed by atoms with Crippen molar-refractivity contribution in [3.63, 3.8) is 0 Å². The topological polar surface area (TPSA) is 87.9 Å². The lowest BCUT2D eigenvalue weighted by molar-refractivity contribution is 0.0996. The Kier molecular flexibility index (Phi) is 7.49. The molecular weight excluding hydrogens is 380 g/mol. The Morgan fingerprint density at radius 2 is 1.73 bits per heavy atom. The molecule has 0 bridgehead atoms. The molecule has 0 radical (unpaired) electrons. The first-order valence-corrected chi connectivity index (χ1v) is 9.69. The molecule has 7 nitrogen and oxygen atoms in total. The van der Waals surface area contributed by atoms with E-state index < -0.39 is 0 Å². The summed E-state index contributed by atoms with van der Waals surface area (Å²) in [5.41, 5.74) is 3.01. The quantitative estimate of drug-likeness (QED) is 0.394. The van der Waals surface area contributed by atoms with Gasteiger partial charge in [-0.25, -0.2) is 0 Å². The molecule has 1 heterocycles. The molecule has 0 aliphatic heterocycles. The molecule has 0 aliphatic rings. The number of nitrogens with zero attached hydrogens (tertiary/aromatic N) is 1. The summed E-state index contributed by atoms with van der Waals surface area (Å²) in [5.74, 6) is 1.60. The third kappa shape index (κ3) is 6.13. The highest BCUT2D eigenvalue weighted by Gasteiger charge is 2.08. The van der Waals surface area contributed by atoms with Crippen LogP contribution < -0.4 is 20.7 Å². The normalized spacial score (nSPS) is 11.1. The maximum absolute atomic E-state index is 12.0. The first kappa shape index (κ1) is 21.0. The summed E-state index contributed by atoms with van der Waals surface area (Å²) in [7, 11) is 3.41. The Morgan fingerprint density at radius 1 is 1.00 bits per heavy atom. The molecule has 0 aliphatic carbocycles. The van der Waals surface area contributed by atoms with Crippen LogP contribution in [0.3, 0.4) is 0 Å². The molecule has 2 aromatic carbocycles. The van der Waals surface area contributed by atoms with Gasteiger partial charge in [0, 0.05) is 25.8 Å². The van der Waals surface area contributed by atoms with Crippen LogP contribution in [0.4, 0.5) is 5.69 Å². The molecule has 1 amide bonds. The van der Waals surface area contributed by atoms with E-state index in [0.29, 0.717) is 12.2 Å². The number of amides is 1. The van der Waals surface area contributed by atoms with Gasteiger partial charge < -0.3 is 25.1 Å². The maximum Gasteiger partial charge on any atom is 0.291 e. The minimum Gasteiger partial charge on any atom is -0.497 e. The van der Waals surface area contributed by atoms with Gasteiger partial charge in [-0.3, -0.25) is 9.79 Å². The van der Waals surface area contributed by atoms with Crippen LogP contribution in [-0.2, 0) is 13.0 Å². The van der Waals surface area contributed by atoms with E-state index in [0.717, 1.165) is 30.2 Å². The van der Waals surface area contributed by atoms with Crippen molar-refractivity contribution in [1.29, 1.82) is 0 Å². The second kappa shape index (κ2) is 10.7. The van der Waals surface area contributed by atoms with E-state index in [9.17, 15) is 4.79 Å². The molecule has 0 atom stereocenters. The molecule has 156 valence electrons. The Labute approximate surface area is 176 Å². The number of carbonyl (C=O) groups excluding carboxylic acids is 1. The summed E-state index contributed by atoms with van der Waals surface area (Å²) < 4.78 is 10.3. The fraction of sp³-hybridized carbons (Fsp3) is 0.217. The number of nitrogens with one attached hydrogen (secondary N) is 3. The fourth-order valence-electron chi connectivity index (χ4n) is 2.83. The predicted octanol–water partition coefficient (Wildman–Crippen LogP) is 3.45. The molecule has 1 aromatic heterocycles. The van der Waals surface area contributed by atoms with Crippen molar-refractivity contribution in [3.05, 3.63) is 83.8 Å². The van der Waals surface area contributed by atoms with Gasteiger partial charge in [0.15, 0.2) is 11.7 Å². The van der Waals surface area contributed by atoms with Crippen LogP contribution in [0.15, 0.2) is 76.3 Å². The van der Waals surface area contributed by atoms with Crippen LogP contribution in [0.5, 0.6) is 5.75 Å². The van der Waals surface area contributed by atoms with Gasteiger partial charge in [-0.2, -0.15) is 0 Å². The van der Waals surface area contributed by atoms with E-state index in [1.807, 2.05) is 36.4 Å². The van der Waals surface area contributed by atoms with E-state index >= 15 is 0 Å². The zero-order valence-electron chi connectivity index (χ0n) is 17.1. The largest absolute Gasteiger partial charge is 0.497 e. The van der Waals surface area contributed by atoms with Gasteiger partial charge in [0.25, 0.3) is 5.91 Å². The van der Waals surface area contributed by atoms with Crippen molar-refractivity contribution in [3.8, 4) is 5.75 Å². The van der Waals surface area contributed by atoms with Crippen LogP contribution in [-0.4, -0.2) is 32.6 Å². The molecule has 0 spiro atoms. The summed E-state index contributed by atoms with van der Waals surface area (Å²) in [6, 6.07) is 19.0. The van der Waals surface area contributed by atoms with Gasteiger partial charge >= 0.3 is 0 Å². The SMILES string of the molecule is CN=C(NCCc1ccc(OC)cc1)NCc1ccc(NC(=O)c2ccco2)cc1. The second-order valence-corrected chi connectivity index (χ2v) is 6.58. The number of aliphatic imine (C=N–C) groups is 1. The van der Waals surface area contributed by atoms with Crippen LogP contribution >= 0.6 is 0 Å². The zero-order chi connectivity index (χ0) is 21.2. The number of benzene rings is 2. The van der Waals surface area contributed by atoms with E-state index in [4.69, 9.17) is 9.15 Å².